The van der Waals surface area contributed by atoms with Gasteiger partial charge in [-0.2, -0.15) is 0 Å². The average molecular weight is 174 g/mol. The van der Waals surface area contributed by atoms with Crippen LogP contribution in [0.3, 0.4) is 0 Å². The predicted octanol–water partition coefficient (Wildman–Crippen LogP) is -0.0376. The van der Waals surface area contributed by atoms with Gasteiger partial charge in [-0.15, -0.1) is 13.2 Å². The summed E-state index contributed by atoms with van der Waals surface area (Å²) >= 11 is 2.69. The van der Waals surface area contributed by atoms with Crippen LogP contribution in [0.2, 0.25) is 5.28 Å². The van der Waals surface area contributed by atoms with Gasteiger partial charge in [-0.3, -0.25) is 0 Å². The fraction of sp³-hybridized carbons (Fsp3) is 1.00. The normalized spacial score (nSPS) is 7.73. The monoisotopic (exact) mass is 174 g/mol. The van der Waals surface area contributed by atoms with E-state index >= 15 is 0 Å². The van der Waals surface area contributed by atoms with Gasteiger partial charge < -0.3 is 10.2 Å². The fourth-order valence-corrected chi connectivity index (χ4v) is 0. The quantitative estimate of drug-likeness (QED) is 0.524. The molecular weight excluding hydrogens is 155 g/mol. The minimum Gasteiger partial charge on any atom is -0.855 e. The largest absolute Gasteiger partial charge is 0.855 e. The van der Waals surface area contributed by atoms with Crippen molar-refractivity contribution < 1.29 is 10.2 Å². The SMILES string of the molecule is CC(C)[CH2][Al+2].CC[O-].CC[O-]. The average Bonchev–Trinajstić information content (AvgIpc) is 1.91. The van der Waals surface area contributed by atoms with E-state index in [-0.39, 0.29) is 13.2 Å². The summed E-state index contributed by atoms with van der Waals surface area (Å²) in [5.41, 5.74) is 0. The Morgan fingerprint density at radius 3 is 1.18 bits per heavy atom. The van der Waals surface area contributed by atoms with Crippen LogP contribution in [0.15, 0.2) is 0 Å². The van der Waals surface area contributed by atoms with Gasteiger partial charge in [-0.05, 0) is 0 Å². The van der Waals surface area contributed by atoms with Crippen molar-refractivity contribution in [2.45, 2.75) is 33.0 Å². The zero-order valence-electron chi connectivity index (χ0n) is 8.09. The fourth-order valence-electron chi connectivity index (χ4n) is 0. The maximum atomic E-state index is 8.93. The van der Waals surface area contributed by atoms with E-state index in [1.165, 1.54) is 5.28 Å². The van der Waals surface area contributed by atoms with Crippen molar-refractivity contribution in [2.75, 3.05) is 13.2 Å². The number of hydrogen-bond donors (Lipinski definition) is 0. The van der Waals surface area contributed by atoms with Gasteiger partial charge in [-0.1, -0.05) is 13.8 Å². The van der Waals surface area contributed by atoms with E-state index in [0.29, 0.717) is 0 Å². The van der Waals surface area contributed by atoms with E-state index in [2.05, 4.69) is 30.1 Å². The molecule has 0 aromatic carbocycles. The summed E-state index contributed by atoms with van der Waals surface area (Å²) in [5, 5.41) is 19.1. The van der Waals surface area contributed by atoms with E-state index in [0.717, 1.165) is 5.92 Å². The van der Waals surface area contributed by atoms with Crippen molar-refractivity contribution in [3.63, 3.8) is 0 Å². The van der Waals surface area contributed by atoms with Crippen molar-refractivity contribution in [3.8, 4) is 0 Å². The second kappa shape index (κ2) is 22.4. The third-order valence-electron chi connectivity index (χ3n) is 0.471. The summed E-state index contributed by atoms with van der Waals surface area (Å²) < 4.78 is 0. The molecule has 0 fully saturated rings. The van der Waals surface area contributed by atoms with Crippen LogP contribution < -0.4 is 10.2 Å². The molecule has 0 spiro atoms. The molecule has 3 heteroatoms. The van der Waals surface area contributed by atoms with Crippen molar-refractivity contribution in [1.29, 1.82) is 0 Å². The van der Waals surface area contributed by atoms with Crippen LogP contribution in [0.1, 0.15) is 27.7 Å². The molecule has 0 aliphatic rings. The van der Waals surface area contributed by atoms with E-state index in [9.17, 15) is 0 Å². The molecule has 0 bridgehead atoms. The second-order valence-electron chi connectivity index (χ2n) is 2.21. The molecule has 2 nitrogen and oxygen atoms in total. The van der Waals surface area contributed by atoms with E-state index < -0.39 is 0 Å². The van der Waals surface area contributed by atoms with E-state index in [1.54, 1.807) is 13.8 Å². The van der Waals surface area contributed by atoms with Crippen LogP contribution in [-0.4, -0.2) is 29.5 Å². The van der Waals surface area contributed by atoms with Crippen LogP contribution in [0.25, 0.3) is 0 Å². The Labute approximate surface area is 79.1 Å². The van der Waals surface area contributed by atoms with Crippen LogP contribution in [0.4, 0.5) is 0 Å². The van der Waals surface area contributed by atoms with Crippen molar-refractivity contribution in [2.24, 2.45) is 5.92 Å². The minimum absolute atomic E-state index is 0. The van der Waals surface area contributed by atoms with Gasteiger partial charge in [0.25, 0.3) is 0 Å². The first-order chi connectivity index (χ1) is 5.10. The van der Waals surface area contributed by atoms with Gasteiger partial charge in [-0.25, -0.2) is 0 Å². The molecule has 0 radical (unpaired) electrons. The maximum Gasteiger partial charge on any atom is -0.0809 e. The van der Waals surface area contributed by atoms with E-state index in [4.69, 9.17) is 10.2 Å². The maximum absolute atomic E-state index is 8.93. The summed E-state index contributed by atoms with van der Waals surface area (Å²) in [5.74, 6) is 0.847. The first-order valence-electron chi connectivity index (χ1n) is 3.96. The first kappa shape index (κ1) is 17.5. The molecule has 0 saturated carbocycles. The van der Waals surface area contributed by atoms with Crippen LogP contribution >= 0.6 is 0 Å². The van der Waals surface area contributed by atoms with Gasteiger partial charge in [0.2, 0.25) is 0 Å². The molecule has 0 aromatic heterocycles. The summed E-state index contributed by atoms with van der Waals surface area (Å²) in [6.07, 6.45) is 0. The van der Waals surface area contributed by atoms with Gasteiger partial charge in [0.15, 0.2) is 0 Å². The zero-order chi connectivity index (χ0) is 9.70. The third kappa shape index (κ3) is 124. The summed E-state index contributed by atoms with van der Waals surface area (Å²) in [6.45, 7) is 7.54. The van der Waals surface area contributed by atoms with E-state index in [1.807, 2.05) is 0 Å². The van der Waals surface area contributed by atoms with Gasteiger partial charge in [0.1, 0.15) is 0 Å². The summed E-state index contributed by atoms with van der Waals surface area (Å²) in [4.78, 5) is 0. The zero-order valence-corrected chi connectivity index (χ0v) is 9.25. The van der Waals surface area contributed by atoms with Crippen molar-refractivity contribution in [1.82, 2.24) is 0 Å². The van der Waals surface area contributed by atoms with Crippen LogP contribution in [0.5, 0.6) is 0 Å². The van der Waals surface area contributed by atoms with Gasteiger partial charge in [0, 0.05) is 0 Å². The smallest absolute Gasteiger partial charge is 0.0809 e. The molecular formula is C8H19AlO2. The molecule has 11 heavy (non-hydrogen) atoms. The molecule has 0 unspecified atom stereocenters. The molecule has 0 rings (SSSR count). The third-order valence-corrected chi connectivity index (χ3v) is 1.41. The summed E-state index contributed by atoms with van der Waals surface area (Å²) in [7, 11) is 0. The van der Waals surface area contributed by atoms with Crippen molar-refractivity contribution >= 4 is 16.3 Å². The molecule has 0 saturated heterocycles. The Morgan fingerprint density at radius 1 is 1.09 bits per heavy atom. The Balaban J connectivity index is -0.0000000933. The molecule has 0 aliphatic carbocycles. The standard InChI is InChI=1S/C4H9.2C2H5O.Al/c1-4(2)3;2*1-2-3;/h4H,1H2,2-3H3;2*2H2,1H3;/q;2*-1;+2. The molecule has 0 N–H and O–H groups in total. The van der Waals surface area contributed by atoms with Gasteiger partial charge in [0.05, 0.1) is 0 Å². The topological polar surface area (TPSA) is 46.1 Å². The van der Waals surface area contributed by atoms with Crippen LogP contribution in [-0.2, 0) is 0 Å². The molecule has 66 valence electrons. The minimum atomic E-state index is 0. The van der Waals surface area contributed by atoms with Gasteiger partial charge >= 0.3 is 41.3 Å². The second-order valence-corrected chi connectivity index (χ2v) is 2.68. The Morgan fingerprint density at radius 2 is 1.18 bits per heavy atom. The Kier molecular flexibility index (Phi) is 35.7. The Hall–Kier alpha value is 0.452. The molecule has 0 aliphatic heterocycles. The van der Waals surface area contributed by atoms with Crippen molar-refractivity contribution in [3.05, 3.63) is 0 Å². The predicted molar refractivity (Wildman–Crippen MR) is 46.5 cm³/mol. The summed E-state index contributed by atoms with van der Waals surface area (Å²) in [6, 6.07) is 0. The molecule has 0 heterocycles. The first-order valence-corrected chi connectivity index (χ1v) is 4.78. The Bertz CT molecular complexity index is 39.1. The molecule has 0 aromatic rings. The van der Waals surface area contributed by atoms with Crippen LogP contribution in [0, 0.1) is 5.92 Å². The number of hydrogen-bond acceptors (Lipinski definition) is 2. The molecule has 0 amide bonds. The number of rotatable bonds is 1. The molecule has 0 atom stereocenters.